The van der Waals surface area contributed by atoms with E-state index in [1.807, 2.05) is 20.8 Å². The average molecular weight is 170 g/mol. The van der Waals surface area contributed by atoms with Crippen LogP contribution in [0.25, 0.3) is 0 Å². The average Bonchev–Trinajstić information content (AvgIpc) is 2.61. The molecule has 0 aromatic heterocycles. The Kier molecular flexibility index (Phi) is 2.30. The fraction of sp³-hybridized carbons (Fsp3) is 0.900. The monoisotopic (exact) mass is 170 g/mol. The number of ether oxygens (including phenoxy) is 1. The third-order valence-electron chi connectivity index (χ3n) is 2.18. The van der Waals surface area contributed by atoms with Gasteiger partial charge >= 0.3 is 0 Å². The highest BCUT2D eigenvalue weighted by atomic mass is 16.6. The van der Waals surface area contributed by atoms with Crippen molar-refractivity contribution in [3.63, 3.8) is 0 Å². The molecule has 2 nitrogen and oxygen atoms in total. The van der Waals surface area contributed by atoms with Crippen LogP contribution >= 0.6 is 0 Å². The maximum absolute atomic E-state index is 11.6. The van der Waals surface area contributed by atoms with Gasteiger partial charge < -0.3 is 4.74 Å². The summed E-state index contributed by atoms with van der Waals surface area (Å²) in [4.78, 5) is 11.6. The van der Waals surface area contributed by atoms with Crippen LogP contribution in [0.1, 0.15) is 34.6 Å². The molecule has 1 aliphatic heterocycles. The third-order valence-corrected chi connectivity index (χ3v) is 2.18. The van der Waals surface area contributed by atoms with Crippen molar-refractivity contribution in [3.05, 3.63) is 0 Å². The van der Waals surface area contributed by atoms with Crippen LogP contribution in [0.4, 0.5) is 0 Å². The molecule has 0 N–H and O–H groups in total. The minimum Gasteiger partial charge on any atom is -0.361 e. The predicted molar refractivity (Wildman–Crippen MR) is 48.0 cm³/mol. The van der Waals surface area contributed by atoms with Gasteiger partial charge in [0, 0.05) is 5.41 Å². The van der Waals surface area contributed by atoms with Gasteiger partial charge in [0.25, 0.3) is 0 Å². The Bertz CT molecular complexity index is 189. The first-order valence-electron chi connectivity index (χ1n) is 4.54. The van der Waals surface area contributed by atoms with E-state index in [1.54, 1.807) is 0 Å². The Balaban J connectivity index is 2.49. The topological polar surface area (TPSA) is 29.6 Å². The lowest BCUT2D eigenvalue weighted by Crippen LogP contribution is -2.27. The van der Waals surface area contributed by atoms with Gasteiger partial charge in [0.1, 0.15) is 6.10 Å². The minimum atomic E-state index is -0.256. The van der Waals surface area contributed by atoms with Gasteiger partial charge in [0.15, 0.2) is 5.78 Å². The molecule has 0 radical (unpaired) electrons. The van der Waals surface area contributed by atoms with Crippen LogP contribution in [-0.2, 0) is 9.53 Å². The van der Waals surface area contributed by atoms with E-state index in [4.69, 9.17) is 4.74 Å². The van der Waals surface area contributed by atoms with E-state index >= 15 is 0 Å². The molecular formula is C10H18O2. The number of hydrogen-bond acceptors (Lipinski definition) is 2. The number of carbonyl (C=O) groups is 1. The van der Waals surface area contributed by atoms with Gasteiger partial charge in [-0.05, 0) is 5.92 Å². The van der Waals surface area contributed by atoms with E-state index in [9.17, 15) is 4.79 Å². The van der Waals surface area contributed by atoms with Crippen molar-refractivity contribution in [2.75, 3.05) is 0 Å². The highest BCUT2D eigenvalue weighted by Gasteiger charge is 2.49. The molecule has 0 aromatic carbocycles. The van der Waals surface area contributed by atoms with Gasteiger partial charge in [0.2, 0.25) is 0 Å². The van der Waals surface area contributed by atoms with Crippen molar-refractivity contribution < 1.29 is 9.53 Å². The molecule has 0 aromatic rings. The quantitative estimate of drug-likeness (QED) is 0.593. The summed E-state index contributed by atoms with van der Waals surface area (Å²) in [6.45, 7) is 9.98. The van der Waals surface area contributed by atoms with Crippen LogP contribution in [0.3, 0.4) is 0 Å². The number of ketones is 1. The van der Waals surface area contributed by atoms with Crippen LogP contribution in [0.15, 0.2) is 0 Å². The second kappa shape index (κ2) is 2.84. The second-order valence-corrected chi connectivity index (χ2v) is 4.88. The van der Waals surface area contributed by atoms with Gasteiger partial charge in [-0.1, -0.05) is 34.6 Å². The highest BCUT2D eigenvalue weighted by molar-refractivity contribution is 5.90. The molecule has 1 aliphatic rings. The van der Waals surface area contributed by atoms with Crippen LogP contribution in [0, 0.1) is 11.3 Å². The van der Waals surface area contributed by atoms with Gasteiger partial charge in [-0.3, -0.25) is 4.79 Å². The molecule has 2 atom stereocenters. The Labute approximate surface area is 74.3 Å². The van der Waals surface area contributed by atoms with Crippen LogP contribution < -0.4 is 0 Å². The summed E-state index contributed by atoms with van der Waals surface area (Å²) in [5, 5.41) is 0. The van der Waals surface area contributed by atoms with E-state index in [0.717, 1.165) is 0 Å². The molecule has 12 heavy (non-hydrogen) atoms. The van der Waals surface area contributed by atoms with E-state index in [0.29, 0.717) is 5.92 Å². The third kappa shape index (κ3) is 1.86. The molecule has 0 bridgehead atoms. The minimum absolute atomic E-state index is 0.120. The molecule has 1 heterocycles. The number of Topliss-reactive ketones (excluding diaryl/α,β-unsaturated/α-hetero) is 1. The molecule has 1 fully saturated rings. The van der Waals surface area contributed by atoms with Gasteiger partial charge in [-0.2, -0.15) is 0 Å². The van der Waals surface area contributed by atoms with Crippen molar-refractivity contribution in [1.29, 1.82) is 0 Å². The largest absolute Gasteiger partial charge is 0.361 e. The fourth-order valence-electron chi connectivity index (χ4n) is 1.27. The molecule has 1 saturated heterocycles. The Morgan fingerprint density at radius 1 is 1.33 bits per heavy atom. The van der Waals surface area contributed by atoms with Crippen LogP contribution in [0.2, 0.25) is 0 Å². The van der Waals surface area contributed by atoms with Crippen LogP contribution in [0.5, 0.6) is 0 Å². The first-order chi connectivity index (χ1) is 5.34. The number of hydrogen-bond donors (Lipinski definition) is 0. The van der Waals surface area contributed by atoms with Crippen molar-refractivity contribution in [2.24, 2.45) is 11.3 Å². The highest BCUT2D eigenvalue weighted by Crippen LogP contribution is 2.34. The van der Waals surface area contributed by atoms with Crippen molar-refractivity contribution in [3.8, 4) is 0 Å². The lowest BCUT2D eigenvalue weighted by molar-refractivity contribution is -0.127. The summed E-state index contributed by atoms with van der Waals surface area (Å²) >= 11 is 0. The first-order valence-corrected chi connectivity index (χ1v) is 4.54. The summed E-state index contributed by atoms with van der Waals surface area (Å²) in [6, 6.07) is 0. The molecule has 0 unspecified atom stereocenters. The van der Waals surface area contributed by atoms with Gasteiger partial charge in [-0.15, -0.1) is 0 Å². The summed E-state index contributed by atoms with van der Waals surface area (Å²) in [5.41, 5.74) is -0.256. The number of epoxide rings is 1. The maximum atomic E-state index is 11.6. The number of carbonyl (C=O) groups excluding carboxylic acids is 1. The predicted octanol–water partition coefficient (Wildman–Crippen LogP) is 2.02. The summed E-state index contributed by atoms with van der Waals surface area (Å²) in [5.74, 6) is 0.697. The zero-order valence-electron chi connectivity index (χ0n) is 8.55. The second-order valence-electron chi connectivity index (χ2n) is 4.88. The Morgan fingerprint density at radius 2 is 1.83 bits per heavy atom. The molecular weight excluding hydrogens is 152 g/mol. The maximum Gasteiger partial charge on any atom is 0.169 e. The molecule has 0 aliphatic carbocycles. The summed E-state index contributed by atoms with van der Waals surface area (Å²) in [6.07, 6.45) is 0.0572. The first kappa shape index (κ1) is 9.72. The van der Waals surface area contributed by atoms with E-state index in [1.165, 1.54) is 0 Å². The smallest absolute Gasteiger partial charge is 0.169 e. The van der Waals surface area contributed by atoms with Gasteiger partial charge in [0.05, 0.1) is 6.10 Å². The van der Waals surface area contributed by atoms with E-state index < -0.39 is 0 Å². The lowest BCUT2D eigenvalue weighted by Gasteiger charge is -2.14. The standard InChI is InChI=1S/C10H18O2/c1-6(2)7-8(12-7)9(11)10(3,4)5/h6-8H,1-5H3/t7-,8+/m0/s1. The van der Waals surface area contributed by atoms with Crippen molar-refractivity contribution >= 4 is 5.78 Å². The SMILES string of the molecule is CC(C)[C@@H]1O[C@H]1C(=O)C(C)(C)C. The summed E-state index contributed by atoms with van der Waals surface area (Å²) in [7, 11) is 0. The molecule has 2 heteroatoms. The normalized spacial score (nSPS) is 29.2. The zero-order chi connectivity index (χ0) is 9.52. The molecule has 1 rings (SSSR count). The van der Waals surface area contributed by atoms with Crippen molar-refractivity contribution in [2.45, 2.75) is 46.8 Å². The summed E-state index contributed by atoms with van der Waals surface area (Å²) < 4.78 is 5.32. The fourth-order valence-corrected chi connectivity index (χ4v) is 1.27. The molecule has 0 amide bonds. The van der Waals surface area contributed by atoms with Crippen molar-refractivity contribution in [1.82, 2.24) is 0 Å². The van der Waals surface area contributed by atoms with Gasteiger partial charge in [-0.25, -0.2) is 0 Å². The lowest BCUT2D eigenvalue weighted by atomic mass is 9.87. The molecule has 70 valence electrons. The molecule has 0 saturated carbocycles. The Hall–Kier alpha value is -0.370. The number of rotatable bonds is 2. The Morgan fingerprint density at radius 3 is 2.08 bits per heavy atom. The van der Waals surface area contributed by atoms with Crippen LogP contribution in [-0.4, -0.2) is 18.0 Å². The molecule has 0 spiro atoms. The van der Waals surface area contributed by atoms with E-state index in [2.05, 4.69) is 13.8 Å². The van der Waals surface area contributed by atoms with E-state index in [-0.39, 0.29) is 23.4 Å². The zero-order valence-corrected chi connectivity index (χ0v) is 8.55.